The highest BCUT2D eigenvalue weighted by Gasteiger charge is 2.13. The van der Waals surface area contributed by atoms with Gasteiger partial charge in [-0.15, -0.1) is 0 Å². The summed E-state index contributed by atoms with van der Waals surface area (Å²) in [5.41, 5.74) is 11.5. The van der Waals surface area contributed by atoms with Gasteiger partial charge in [-0.05, 0) is 86.6 Å². The van der Waals surface area contributed by atoms with Crippen LogP contribution in [0.25, 0.3) is 78.1 Å². The van der Waals surface area contributed by atoms with Crippen molar-refractivity contribution < 1.29 is 0 Å². The highest BCUT2D eigenvalue weighted by molar-refractivity contribution is 5.88. The van der Waals surface area contributed by atoms with Crippen LogP contribution in [0.15, 0.2) is 164 Å². The molecule has 0 atom stereocenters. The van der Waals surface area contributed by atoms with Crippen molar-refractivity contribution in [3.05, 3.63) is 176 Å². The van der Waals surface area contributed by atoms with E-state index in [1.165, 1.54) is 10.8 Å². The van der Waals surface area contributed by atoms with Crippen LogP contribution in [-0.2, 0) is 0 Å². The summed E-state index contributed by atoms with van der Waals surface area (Å²) in [6.45, 7) is 0. The van der Waals surface area contributed by atoms with Crippen LogP contribution in [0.4, 0.5) is 0 Å². The third-order valence-corrected chi connectivity index (χ3v) is 8.28. The lowest BCUT2D eigenvalue weighted by Crippen LogP contribution is -1.96. The van der Waals surface area contributed by atoms with E-state index in [1.54, 1.807) is 6.20 Å². The van der Waals surface area contributed by atoms with Gasteiger partial charge < -0.3 is 0 Å². The van der Waals surface area contributed by atoms with Crippen LogP contribution in [0.2, 0.25) is 0 Å². The average Bonchev–Trinajstić information content (AvgIpc) is 3.15. The van der Waals surface area contributed by atoms with Gasteiger partial charge in [-0.1, -0.05) is 121 Å². The zero-order valence-electron chi connectivity index (χ0n) is 24.9. The maximum atomic E-state index is 5.12. The van der Waals surface area contributed by atoms with E-state index in [-0.39, 0.29) is 0 Å². The first-order valence-corrected chi connectivity index (χ1v) is 15.2. The molecular weight excluding hydrogens is 558 g/mol. The maximum absolute atomic E-state index is 5.12. The molecule has 0 N–H and O–H groups in total. The molecule has 0 aliphatic heterocycles. The summed E-state index contributed by atoms with van der Waals surface area (Å²) in [6.07, 6.45) is 3.67. The summed E-state index contributed by atoms with van der Waals surface area (Å²) in [5, 5.41) is 2.45. The molecule has 8 aromatic rings. The fourth-order valence-electron chi connectivity index (χ4n) is 5.81. The first kappa shape index (κ1) is 27.2. The largest absolute Gasteiger partial charge is 0.264 e. The molecule has 0 fully saturated rings. The molecule has 8 rings (SSSR count). The maximum Gasteiger partial charge on any atom is 0.160 e. The molecule has 6 aromatic carbocycles. The van der Waals surface area contributed by atoms with Crippen LogP contribution < -0.4 is 0 Å². The monoisotopic (exact) mass is 585 g/mol. The highest BCUT2D eigenvalue weighted by atomic mass is 14.9. The molecule has 0 unspecified atom stereocenters. The number of hydrogen-bond acceptors (Lipinski definition) is 3. The summed E-state index contributed by atoms with van der Waals surface area (Å²) in [4.78, 5) is 14.5. The van der Waals surface area contributed by atoms with Crippen molar-refractivity contribution in [2.75, 3.05) is 0 Å². The van der Waals surface area contributed by atoms with Gasteiger partial charge in [0.15, 0.2) is 5.82 Å². The molecule has 214 valence electrons. The molecule has 0 saturated carbocycles. The summed E-state index contributed by atoms with van der Waals surface area (Å²) >= 11 is 0. The lowest BCUT2D eigenvalue weighted by atomic mass is 9.99. The Balaban J connectivity index is 1.22. The Kier molecular flexibility index (Phi) is 7.07. The molecule has 0 bridgehead atoms. The van der Waals surface area contributed by atoms with Crippen molar-refractivity contribution in [2.24, 2.45) is 0 Å². The minimum absolute atomic E-state index is 0.684. The van der Waals surface area contributed by atoms with Gasteiger partial charge in [0, 0.05) is 29.1 Å². The Bertz CT molecular complexity index is 2170. The van der Waals surface area contributed by atoms with E-state index in [0.29, 0.717) is 5.82 Å². The van der Waals surface area contributed by atoms with Crippen molar-refractivity contribution in [3.63, 3.8) is 0 Å². The molecule has 0 radical (unpaired) electrons. The van der Waals surface area contributed by atoms with E-state index in [9.17, 15) is 0 Å². The summed E-state index contributed by atoms with van der Waals surface area (Å²) in [5.74, 6) is 0.684. The van der Waals surface area contributed by atoms with Gasteiger partial charge in [0.05, 0.1) is 11.4 Å². The minimum atomic E-state index is 0.684. The average molecular weight is 586 g/mol. The molecule has 3 nitrogen and oxygen atoms in total. The molecule has 0 aliphatic rings. The van der Waals surface area contributed by atoms with Crippen LogP contribution in [0.3, 0.4) is 0 Å². The van der Waals surface area contributed by atoms with Gasteiger partial charge in [0.2, 0.25) is 0 Å². The third-order valence-electron chi connectivity index (χ3n) is 8.28. The first-order valence-electron chi connectivity index (χ1n) is 15.2. The van der Waals surface area contributed by atoms with Gasteiger partial charge in [-0.3, -0.25) is 4.98 Å². The number of fused-ring (bicyclic) bond motifs is 1. The zero-order valence-corrected chi connectivity index (χ0v) is 24.9. The van der Waals surface area contributed by atoms with Crippen molar-refractivity contribution in [1.82, 2.24) is 15.0 Å². The normalized spacial score (nSPS) is 10.9. The second kappa shape index (κ2) is 12.0. The van der Waals surface area contributed by atoms with Crippen molar-refractivity contribution >= 4 is 10.8 Å². The SMILES string of the molecule is c1ccc(-c2ccc(-c3cc(-c4ccc(-c5cccnc5)cc4)nc(-c4cccc(-c5ccc6ccccc6c5)c4)n3)cc2)cc#1. The van der Waals surface area contributed by atoms with Gasteiger partial charge >= 0.3 is 0 Å². The standard InChI is InChI=1S/C43H27N3/c1-2-8-30(9-3-1)32-15-20-34(21-16-32)41-28-42(35-22-17-33(18-23-35)40-14-7-25-44-29-40)46-43(45-41)39-13-6-12-37(27-39)38-24-19-31-10-4-5-11-36(31)26-38/h2,4-29H. The number of benzene rings is 5. The molecule has 0 saturated heterocycles. The molecule has 46 heavy (non-hydrogen) atoms. The Hall–Kier alpha value is -6.37. The van der Waals surface area contributed by atoms with Crippen LogP contribution in [0.1, 0.15) is 0 Å². The van der Waals surface area contributed by atoms with Crippen LogP contribution in [-0.4, -0.2) is 15.0 Å². The quantitative estimate of drug-likeness (QED) is 0.195. The van der Waals surface area contributed by atoms with E-state index in [4.69, 9.17) is 9.97 Å². The molecule has 2 aromatic heterocycles. The van der Waals surface area contributed by atoms with E-state index in [0.717, 1.165) is 61.5 Å². The van der Waals surface area contributed by atoms with Gasteiger partial charge in [0.1, 0.15) is 0 Å². The van der Waals surface area contributed by atoms with E-state index in [1.807, 2.05) is 30.5 Å². The topological polar surface area (TPSA) is 38.7 Å². The smallest absolute Gasteiger partial charge is 0.160 e. The van der Waals surface area contributed by atoms with E-state index < -0.39 is 0 Å². The molecular formula is C43H27N3. The Morgan fingerprint density at radius 2 is 1.02 bits per heavy atom. The molecule has 2 heterocycles. The Labute approximate surface area is 268 Å². The lowest BCUT2D eigenvalue weighted by Gasteiger charge is -2.12. The van der Waals surface area contributed by atoms with Gasteiger partial charge in [0.25, 0.3) is 0 Å². The number of rotatable bonds is 6. The Morgan fingerprint density at radius 3 is 1.72 bits per heavy atom. The molecule has 0 spiro atoms. The van der Waals surface area contributed by atoms with Crippen molar-refractivity contribution in [1.29, 1.82) is 0 Å². The van der Waals surface area contributed by atoms with E-state index in [2.05, 4.69) is 145 Å². The third kappa shape index (κ3) is 5.52. The van der Waals surface area contributed by atoms with Crippen molar-refractivity contribution in [3.8, 4) is 67.3 Å². The predicted molar refractivity (Wildman–Crippen MR) is 188 cm³/mol. The van der Waals surface area contributed by atoms with Gasteiger partial charge in [-0.2, -0.15) is 0 Å². The summed E-state index contributed by atoms with van der Waals surface area (Å²) in [6, 6.07) is 58.6. The van der Waals surface area contributed by atoms with Crippen LogP contribution >= 0.6 is 0 Å². The lowest BCUT2D eigenvalue weighted by molar-refractivity contribution is 1.18. The first-order chi connectivity index (χ1) is 22.8. The van der Waals surface area contributed by atoms with Gasteiger partial charge in [-0.25, -0.2) is 9.97 Å². The molecule has 0 aliphatic carbocycles. The second-order valence-corrected chi connectivity index (χ2v) is 11.2. The van der Waals surface area contributed by atoms with Crippen LogP contribution in [0.5, 0.6) is 0 Å². The van der Waals surface area contributed by atoms with E-state index >= 15 is 0 Å². The summed E-state index contributed by atoms with van der Waals surface area (Å²) in [7, 11) is 0. The second-order valence-electron chi connectivity index (χ2n) is 11.2. The summed E-state index contributed by atoms with van der Waals surface area (Å²) < 4.78 is 0. The van der Waals surface area contributed by atoms with Crippen LogP contribution in [0, 0.1) is 12.1 Å². The fourth-order valence-corrected chi connectivity index (χ4v) is 5.81. The molecule has 0 amide bonds. The van der Waals surface area contributed by atoms with Crippen molar-refractivity contribution in [2.45, 2.75) is 0 Å². The zero-order chi connectivity index (χ0) is 30.7. The fraction of sp³-hybridized carbons (Fsp3) is 0. The Morgan fingerprint density at radius 1 is 0.391 bits per heavy atom. The highest BCUT2D eigenvalue weighted by Crippen LogP contribution is 2.32. The molecule has 3 heteroatoms. The number of nitrogens with zero attached hydrogens (tertiary/aromatic N) is 3. The number of hydrogen-bond donors (Lipinski definition) is 0. The predicted octanol–water partition coefficient (Wildman–Crippen LogP) is 10.6. The minimum Gasteiger partial charge on any atom is -0.264 e. The number of aromatic nitrogens is 3. The number of pyridine rings is 1.